The number of aromatic nitrogens is 3. The zero-order valence-electron chi connectivity index (χ0n) is 8.55. The van der Waals surface area contributed by atoms with Crippen LogP contribution in [0.15, 0.2) is 30.3 Å². The predicted octanol–water partition coefficient (Wildman–Crippen LogP) is 1.79. The number of nitrogens with zero attached hydrogens (tertiary/aromatic N) is 3. The second-order valence-corrected chi connectivity index (χ2v) is 3.04. The third-order valence-corrected chi connectivity index (χ3v) is 1.98. The van der Waals surface area contributed by atoms with Crippen molar-refractivity contribution in [3.63, 3.8) is 0 Å². The van der Waals surface area contributed by atoms with Gasteiger partial charge in [-0.2, -0.15) is 4.98 Å². The number of rotatable bonds is 3. The van der Waals surface area contributed by atoms with Crippen LogP contribution in [0, 0.1) is 13.8 Å². The minimum absolute atomic E-state index is 0.332. The van der Waals surface area contributed by atoms with Gasteiger partial charge < -0.3 is 4.74 Å². The van der Waals surface area contributed by atoms with Gasteiger partial charge in [0.05, 0.1) is 12.3 Å². The first-order valence-electron chi connectivity index (χ1n) is 4.72. The summed E-state index contributed by atoms with van der Waals surface area (Å²) in [5.74, 6) is 0.796. The van der Waals surface area contributed by atoms with Gasteiger partial charge in [0.2, 0.25) is 0 Å². The molecule has 0 amide bonds. The van der Waals surface area contributed by atoms with Gasteiger partial charge in [0, 0.05) is 0 Å². The largest absolute Gasteiger partial charge is 0.462 e. The number of benzene rings is 1. The Labute approximate surface area is 88.5 Å². The van der Waals surface area contributed by atoms with Crippen LogP contribution in [0.2, 0.25) is 0 Å². The molecule has 15 heavy (non-hydrogen) atoms. The van der Waals surface area contributed by atoms with Crippen LogP contribution in [0.1, 0.15) is 5.82 Å². The van der Waals surface area contributed by atoms with Crippen molar-refractivity contribution >= 4 is 0 Å². The summed E-state index contributed by atoms with van der Waals surface area (Å²) in [4.78, 5) is 4.17. The minimum atomic E-state index is 0.332. The quantitative estimate of drug-likeness (QED) is 0.761. The molecule has 77 valence electrons. The molecule has 0 unspecified atom stereocenters. The molecule has 0 bridgehead atoms. The summed E-state index contributed by atoms with van der Waals surface area (Å²) >= 11 is 0. The van der Waals surface area contributed by atoms with Gasteiger partial charge in [0.25, 0.3) is 0 Å². The molecule has 1 aromatic carbocycles. The van der Waals surface area contributed by atoms with Crippen LogP contribution in [-0.2, 0) is 0 Å². The number of ether oxygens (including phenoxy) is 1. The standard InChI is InChI=1S/C11H12N3O/c1-3-15-11-12-9(2)14(13-11)10-7-5-4-6-8-10/h4-8H,1,3H2,2H3. The molecule has 2 rings (SSSR count). The van der Waals surface area contributed by atoms with Crippen LogP contribution in [0.5, 0.6) is 6.01 Å². The first kappa shape index (κ1) is 9.71. The Bertz CT molecular complexity index is 436. The Morgan fingerprint density at radius 1 is 1.33 bits per heavy atom. The van der Waals surface area contributed by atoms with Crippen molar-refractivity contribution in [1.82, 2.24) is 14.8 Å². The lowest BCUT2D eigenvalue weighted by atomic mass is 10.3. The van der Waals surface area contributed by atoms with E-state index in [4.69, 9.17) is 4.74 Å². The van der Waals surface area contributed by atoms with Gasteiger partial charge in [-0.1, -0.05) is 18.2 Å². The van der Waals surface area contributed by atoms with Crippen molar-refractivity contribution in [3.8, 4) is 11.7 Å². The second kappa shape index (κ2) is 4.13. The van der Waals surface area contributed by atoms with Gasteiger partial charge in [0.1, 0.15) is 5.82 Å². The highest BCUT2D eigenvalue weighted by molar-refractivity contribution is 5.31. The van der Waals surface area contributed by atoms with E-state index < -0.39 is 0 Å². The lowest BCUT2D eigenvalue weighted by Crippen LogP contribution is -1.99. The fourth-order valence-electron chi connectivity index (χ4n) is 1.33. The van der Waals surface area contributed by atoms with Gasteiger partial charge in [-0.3, -0.25) is 0 Å². The number of para-hydroxylation sites is 1. The van der Waals surface area contributed by atoms with Gasteiger partial charge >= 0.3 is 6.01 Å². The zero-order chi connectivity index (χ0) is 10.7. The third kappa shape index (κ3) is 1.98. The fourth-order valence-corrected chi connectivity index (χ4v) is 1.33. The van der Waals surface area contributed by atoms with E-state index in [0.29, 0.717) is 12.6 Å². The normalized spacial score (nSPS) is 10.3. The SMILES string of the molecule is [CH2]COc1nc(C)n(-c2ccccc2)n1. The average molecular weight is 202 g/mol. The molecular weight excluding hydrogens is 190 g/mol. The maximum absolute atomic E-state index is 5.13. The molecule has 0 spiro atoms. The van der Waals surface area contributed by atoms with Crippen LogP contribution < -0.4 is 4.74 Å². The van der Waals surface area contributed by atoms with Crippen molar-refractivity contribution in [2.24, 2.45) is 0 Å². The maximum Gasteiger partial charge on any atom is 0.336 e. The van der Waals surface area contributed by atoms with Crippen LogP contribution in [0.25, 0.3) is 5.69 Å². The molecule has 0 N–H and O–H groups in total. The first-order valence-corrected chi connectivity index (χ1v) is 4.72. The van der Waals surface area contributed by atoms with Crippen molar-refractivity contribution in [1.29, 1.82) is 0 Å². The van der Waals surface area contributed by atoms with Gasteiger partial charge in [0.15, 0.2) is 0 Å². The van der Waals surface area contributed by atoms with Gasteiger partial charge in [-0.05, 0) is 26.0 Å². The van der Waals surface area contributed by atoms with Crippen molar-refractivity contribution in [2.75, 3.05) is 6.61 Å². The van der Waals surface area contributed by atoms with E-state index in [-0.39, 0.29) is 0 Å². The molecule has 2 aromatic rings. The van der Waals surface area contributed by atoms with Crippen molar-refractivity contribution < 1.29 is 4.74 Å². The Morgan fingerprint density at radius 3 is 2.73 bits per heavy atom. The summed E-state index contributed by atoms with van der Waals surface area (Å²) in [5.41, 5.74) is 0.974. The van der Waals surface area contributed by atoms with Gasteiger partial charge in [-0.25, -0.2) is 4.68 Å². The topological polar surface area (TPSA) is 39.9 Å². The summed E-state index contributed by atoms with van der Waals surface area (Å²) < 4.78 is 6.88. The molecule has 0 aliphatic carbocycles. The Hall–Kier alpha value is -1.84. The van der Waals surface area contributed by atoms with E-state index in [2.05, 4.69) is 17.0 Å². The van der Waals surface area contributed by atoms with Crippen LogP contribution in [-0.4, -0.2) is 21.4 Å². The molecule has 0 saturated heterocycles. The number of hydrogen-bond donors (Lipinski definition) is 0. The summed E-state index contributed by atoms with van der Waals surface area (Å²) in [7, 11) is 0. The Morgan fingerprint density at radius 2 is 2.07 bits per heavy atom. The second-order valence-electron chi connectivity index (χ2n) is 3.04. The number of hydrogen-bond acceptors (Lipinski definition) is 3. The lowest BCUT2D eigenvalue weighted by molar-refractivity contribution is 0.331. The molecule has 1 aromatic heterocycles. The molecule has 0 aliphatic rings. The Balaban J connectivity index is 2.36. The minimum Gasteiger partial charge on any atom is -0.462 e. The molecule has 4 nitrogen and oxygen atoms in total. The highest BCUT2D eigenvalue weighted by Crippen LogP contribution is 2.11. The van der Waals surface area contributed by atoms with E-state index in [0.717, 1.165) is 11.5 Å². The maximum atomic E-state index is 5.13. The number of aryl methyl sites for hydroxylation is 1. The monoisotopic (exact) mass is 202 g/mol. The smallest absolute Gasteiger partial charge is 0.336 e. The summed E-state index contributed by atoms with van der Waals surface area (Å²) in [5, 5.41) is 4.21. The molecule has 0 saturated carbocycles. The molecule has 0 fully saturated rings. The molecule has 1 heterocycles. The fraction of sp³-hybridized carbons (Fsp3) is 0.182. The molecule has 1 radical (unpaired) electrons. The van der Waals surface area contributed by atoms with E-state index in [9.17, 15) is 0 Å². The highest BCUT2D eigenvalue weighted by atomic mass is 16.5. The summed E-state index contributed by atoms with van der Waals surface area (Å²) in [6.07, 6.45) is 0. The first-order chi connectivity index (χ1) is 7.31. The van der Waals surface area contributed by atoms with E-state index >= 15 is 0 Å². The summed E-state index contributed by atoms with van der Waals surface area (Å²) in [6.45, 7) is 5.80. The summed E-state index contributed by atoms with van der Waals surface area (Å²) in [6, 6.07) is 10.2. The Kier molecular flexibility index (Phi) is 2.67. The lowest BCUT2D eigenvalue weighted by Gasteiger charge is -2.00. The van der Waals surface area contributed by atoms with Crippen molar-refractivity contribution in [3.05, 3.63) is 43.1 Å². The van der Waals surface area contributed by atoms with Crippen molar-refractivity contribution in [2.45, 2.75) is 6.92 Å². The molecule has 4 heteroatoms. The van der Waals surface area contributed by atoms with E-state index in [1.807, 2.05) is 37.3 Å². The molecule has 0 atom stereocenters. The average Bonchev–Trinajstić information content (AvgIpc) is 2.61. The molecule has 0 aliphatic heterocycles. The molecular formula is C11H12N3O. The third-order valence-electron chi connectivity index (χ3n) is 1.98. The van der Waals surface area contributed by atoms with E-state index in [1.54, 1.807) is 4.68 Å². The van der Waals surface area contributed by atoms with Crippen LogP contribution >= 0.6 is 0 Å². The van der Waals surface area contributed by atoms with Crippen LogP contribution in [0.4, 0.5) is 0 Å². The van der Waals surface area contributed by atoms with E-state index in [1.165, 1.54) is 0 Å². The van der Waals surface area contributed by atoms with Crippen LogP contribution in [0.3, 0.4) is 0 Å². The van der Waals surface area contributed by atoms with Gasteiger partial charge in [-0.15, -0.1) is 5.10 Å². The zero-order valence-corrected chi connectivity index (χ0v) is 8.55. The highest BCUT2D eigenvalue weighted by Gasteiger charge is 2.07. The predicted molar refractivity (Wildman–Crippen MR) is 56.9 cm³/mol.